The molecule has 0 spiro atoms. The van der Waals surface area contributed by atoms with Crippen molar-refractivity contribution in [2.24, 2.45) is 0 Å². The second-order valence-electron chi connectivity index (χ2n) is 5.26. The molecule has 0 radical (unpaired) electrons. The van der Waals surface area contributed by atoms with E-state index in [-0.39, 0.29) is 5.69 Å². The number of nitrogens with zero attached hydrogens (tertiary/aromatic N) is 4. The maximum absolute atomic E-state index is 10.4. The molecule has 3 heterocycles. The Morgan fingerprint density at radius 2 is 2.17 bits per heavy atom. The lowest BCUT2D eigenvalue weighted by molar-refractivity contribution is -0.108. The molecule has 0 unspecified atom stereocenters. The number of ether oxygens (including phenoxy) is 1. The van der Waals surface area contributed by atoms with Gasteiger partial charge < -0.3 is 21.1 Å². The maximum Gasteiger partial charge on any atom is 0.390 e. The summed E-state index contributed by atoms with van der Waals surface area (Å²) in [5, 5.41) is 43.7. The largest absolute Gasteiger partial charge is 0.397 e. The number of nitriles is 1. The zero-order valence-electron chi connectivity index (χ0n) is 11.8. The smallest absolute Gasteiger partial charge is 0.390 e. The van der Waals surface area contributed by atoms with Gasteiger partial charge in [-0.3, -0.25) is 9.58 Å². The molecule has 1 fully saturated rings. The van der Waals surface area contributed by atoms with Crippen molar-refractivity contribution in [2.75, 3.05) is 12.3 Å². The van der Waals surface area contributed by atoms with Gasteiger partial charge >= 0.3 is 5.72 Å². The van der Waals surface area contributed by atoms with Crippen LogP contribution in [-0.2, 0) is 10.3 Å². The van der Waals surface area contributed by atoms with Crippen molar-refractivity contribution < 1.29 is 20.1 Å². The number of nitrogen functional groups attached to an aromatic ring is 1. The summed E-state index contributed by atoms with van der Waals surface area (Å²) in [6, 6.07) is 6.42. The molecule has 9 nitrogen and oxygen atoms in total. The molecule has 118 valence electrons. The highest BCUT2D eigenvalue weighted by Crippen LogP contribution is 2.45. The zero-order chi connectivity index (χ0) is 16.8. The number of hydrogen-bond donors (Lipinski definition) is 4. The molecule has 2 aromatic rings. The van der Waals surface area contributed by atoms with Gasteiger partial charge in [0.15, 0.2) is 12.7 Å². The number of aliphatic hydroxyl groups is 3. The summed E-state index contributed by atoms with van der Waals surface area (Å²) in [5.74, 6) is 0. The van der Waals surface area contributed by atoms with Gasteiger partial charge in [-0.1, -0.05) is 0 Å². The highest BCUT2D eigenvalue weighted by Gasteiger charge is 2.69. The molecular weight excluding hydrogens is 302 g/mol. The molecule has 0 aromatic carbocycles. The standard InChI is InChI=1S/C14H13N5O4/c1-17-14(7-20)12(22)11(21)13(6-15,23-14)10-3-2-9-8(16)4-5-18-19(9)10/h2-5,11-12,20-22H,7,16H2/t11-,12+,13+,14-/m1/s1. The highest BCUT2D eigenvalue weighted by molar-refractivity contribution is 5.69. The van der Waals surface area contributed by atoms with Crippen LogP contribution < -0.4 is 5.73 Å². The van der Waals surface area contributed by atoms with Crippen LogP contribution in [0.4, 0.5) is 5.69 Å². The van der Waals surface area contributed by atoms with E-state index >= 15 is 0 Å². The highest BCUT2D eigenvalue weighted by atomic mass is 16.6. The fourth-order valence-electron chi connectivity index (χ4n) is 2.79. The average molecular weight is 315 g/mol. The van der Waals surface area contributed by atoms with Gasteiger partial charge in [0.25, 0.3) is 0 Å². The van der Waals surface area contributed by atoms with Gasteiger partial charge in [0.05, 0.1) is 16.9 Å². The third kappa shape index (κ3) is 1.76. The first-order chi connectivity index (χ1) is 11.0. The maximum atomic E-state index is 10.4. The molecule has 0 saturated carbocycles. The second-order valence-corrected chi connectivity index (χ2v) is 5.26. The Kier molecular flexibility index (Phi) is 3.25. The van der Waals surface area contributed by atoms with E-state index in [0.29, 0.717) is 11.2 Å². The number of nitrogens with two attached hydrogens (primary N) is 1. The van der Waals surface area contributed by atoms with Gasteiger partial charge in [-0.15, -0.1) is 0 Å². The van der Waals surface area contributed by atoms with Crippen LogP contribution >= 0.6 is 0 Å². The zero-order valence-corrected chi connectivity index (χ0v) is 11.8. The fourth-order valence-corrected chi connectivity index (χ4v) is 2.79. The summed E-state index contributed by atoms with van der Waals surface area (Å²) in [4.78, 5) is 3.08. The van der Waals surface area contributed by atoms with Crippen molar-refractivity contribution >= 4 is 11.2 Å². The van der Waals surface area contributed by atoms with Gasteiger partial charge in [-0.2, -0.15) is 10.4 Å². The van der Waals surface area contributed by atoms with Crippen LogP contribution in [0.5, 0.6) is 0 Å². The van der Waals surface area contributed by atoms with Gasteiger partial charge in [0.2, 0.25) is 5.60 Å². The molecule has 0 amide bonds. The van der Waals surface area contributed by atoms with Crippen LogP contribution in [0.3, 0.4) is 0 Å². The summed E-state index contributed by atoms with van der Waals surface area (Å²) in [7, 11) is 0. The van der Waals surface area contributed by atoms with Crippen LogP contribution in [-0.4, -0.2) is 49.5 Å². The minimum atomic E-state index is -2.13. The monoisotopic (exact) mass is 315 g/mol. The molecule has 1 aliphatic heterocycles. The summed E-state index contributed by atoms with van der Waals surface area (Å²) in [6.07, 6.45) is -2.12. The average Bonchev–Trinajstić information content (AvgIpc) is 3.09. The molecule has 5 N–H and O–H groups in total. The first-order valence-electron chi connectivity index (χ1n) is 6.65. The summed E-state index contributed by atoms with van der Waals surface area (Å²) in [5.41, 5.74) is 2.62. The second kappa shape index (κ2) is 4.91. The van der Waals surface area contributed by atoms with Crippen LogP contribution in [0.2, 0.25) is 0 Å². The normalized spacial score (nSPS) is 33.4. The van der Waals surface area contributed by atoms with E-state index in [9.17, 15) is 20.6 Å². The van der Waals surface area contributed by atoms with Crippen LogP contribution in [0.25, 0.3) is 10.4 Å². The number of fused-ring (bicyclic) bond motifs is 1. The Balaban J connectivity index is 2.25. The predicted molar refractivity (Wildman–Crippen MR) is 76.4 cm³/mol. The number of aliphatic hydroxyl groups excluding tert-OH is 3. The Morgan fingerprint density at radius 3 is 2.74 bits per heavy atom. The third-order valence-electron chi connectivity index (χ3n) is 4.07. The molecule has 1 saturated heterocycles. The van der Waals surface area contributed by atoms with Crippen LogP contribution in [0.1, 0.15) is 5.69 Å². The summed E-state index contributed by atoms with van der Waals surface area (Å²) >= 11 is 0. The van der Waals surface area contributed by atoms with Crippen LogP contribution in [0.15, 0.2) is 24.4 Å². The lowest BCUT2D eigenvalue weighted by Crippen LogP contribution is -2.43. The van der Waals surface area contributed by atoms with Crippen molar-refractivity contribution in [1.82, 2.24) is 9.61 Å². The van der Waals surface area contributed by atoms with Crippen molar-refractivity contribution in [1.29, 1.82) is 5.26 Å². The van der Waals surface area contributed by atoms with Crippen molar-refractivity contribution in [3.8, 4) is 6.07 Å². The van der Waals surface area contributed by atoms with Gasteiger partial charge in [-0.25, -0.2) is 11.1 Å². The van der Waals surface area contributed by atoms with Gasteiger partial charge in [0.1, 0.15) is 12.2 Å². The molecule has 0 bridgehead atoms. The number of hydrogen-bond acceptors (Lipinski definition) is 7. The van der Waals surface area contributed by atoms with Crippen molar-refractivity contribution in [2.45, 2.75) is 23.5 Å². The van der Waals surface area contributed by atoms with E-state index in [4.69, 9.17) is 17.0 Å². The number of anilines is 1. The minimum absolute atomic E-state index is 0.104. The molecule has 0 aliphatic carbocycles. The van der Waals surface area contributed by atoms with E-state index in [1.54, 1.807) is 18.2 Å². The predicted octanol–water partition coefficient (Wildman–Crippen LogP) is -1.00. The SMILES string of the molecule is [C-]#[N+][C@]1(CO)O[C@@](C#N)(c2ccc3c(N)ccnn23)[C@H](O)[C@@H]1O. The Labute approximate surface area is 130 Å². The molecule has 9 heteroatoms. The minimum Gasteiger partial charge on any atom is -0.397 e. The van der Waals surface area contributed by atoms with E-state index in [0.717, 1.165) is 0 Å². The quantitative estimate of drug-likeness (QED) is 0.520. The topological polar surface area (TPSA) is 141 Å². The van der Waals surface area contributed by atoms with E-state index < -0.39 is 30.1 Å². The lowest BCUT2D eigenvalue weighted by Gasteiger charge is -2.23. The van der Waals surface area contributed by atoms with Gasteiger partial charge in [-0.05, 0) is 18.2 Å². The van der Waals surface area contributed by atoms with E-state index in [2.05, 4.69) is 9.94 Å². The Morgan fingerprint density at radius 1 is 1.43 bits per heavy atom. The van der Waals surface area contributed by atoms with Crippen molar-refractivity contribution in [3.63, 3.8) is 0 Å². The molecule has 4 atom stereocenters. The van der Waals surface area contributed by atoms with E-state index in [1.807, 2.05) is 0 Å². The van der Waals surface area contributed by atoms with Gasteiger partial charge in [0, 0.05) is 6.20 Å². The lowest BCUT2D eigenvalue weighted by atomic mass is 9.91. The molecule has 3 rings (SSSR count). The first-order valence-corrected chi connectivity index (χ1v) is 6.65. The summed E-state index contributed by atoms with van der Waals surface area (Å²) in [6.45, 7) is 6.28. The first kappa shape index (κ1) is 15.2. The molecule has 1 aliphatic rings. The molecular formula is C14H13N5O4. The Hall–Kier alpha value is -2.69. The Bertz CT molecular complexity index is 853. The number of aromatic nitrogens is 2. The fraction of sp³-hybridized carbons (Fsp3) is 0.357. The van der Waals surface area contributed by atoms with E-state index in [1.165, 1.54) is 16.8 Å². The van der Waals surface area contributed by atoms with Crippen LogP contribution in [0, 0.1) is 17.9 Å². The number of rotatable bonds is 2. The van der Waals surface area contributed by atoms with Crippen molar-refractivity contribution in [3.05, 3.63) is 41.5 Å². The molecule has 2 aromatic heterocycles. The third-order valence-corrected chi connectivity index (χ3v) is 4.07. The summed E-state index contributed by atoms with van der Waals surface area (Å²) < 4.78 is 6.73. The molecule has 23 heavy (non-hydrogen) atoms.